The largest absolute Gasteiger partial charge is 0.300 e. The highest BCUT2D eigenvalue weighted by Crippen LogP contribution is 2.13. The van der Waals surface area contributed by atoms with E-state index in [0.29, 0.717) is 6.04 Å². The highest BCUT2D eigenvalue weighted by Gasteiger charge is 2.26. The van der Waals surface area contributed by atoms with Crippen molar-refractivity contribution in [2.75, 3.05) is 39.3 Å². The molecular weight excluding hydrogens is 236 g/mol. The van der Waals surface area contributed by atoms with Crippen molar-refractivity contribution in [3.05, 3.63) is 0 Å². The zero-order chi connectivity index (χ0) is 14.3. The summed E-state index contributed by atoms with van der Waals surface area (Å²) in [7, 11) is 0. The standard InChI is InChI=1S/C15H30N4/c1-5-8-17-15(4,13-16)7-9-18-10-11-19(6-2)14(3)12-18/h14,17H,5-12H2,1-4H3. The Morgan fingerprint density at radius 2 is 2.11 bits per heavy atom. The third-order valence-electron chi connectivity index (χ3n) is 4.20. The van der Waals surface area contributed by atoms with Crippen LogP contribution in [0.4, 0.5) is 0 Å². The van der Waals surface area contributed by atoms with Crippen molar-refractivity contribution in [1.82, 2.24) is 15.1 Å². The first-order valence-electron chi connectivity index (χ1n) is 7.67. The quantitative estimate of drug-likeness (QED) is 0.761. The molecule has 0 aromatic carbocycles. The molecule has 19 heavy (non-hydrogen) atoms. The van der Waals surface area contributed by atoms with Gasteiger partial charge in [0.05, 0.1) is 6.07 Å². The van der Waals surface area contributed by atoms with Gasteiger partial charge < -0.3 is 4.90 Å². The molecule has 0 aromatic rings. The minimum Gasteiger partial charge on any atom is -0.300 e. The number of rotatable bonds is 7. The smallest absolute Gasteiger partial charge is 0.105 e. The summed E-state index contributed by atoms with van der Waals surface area (Å²) in [5, 5.41) is 12.7. The molecule has 0 saturated carbocycles. The van der Waals surface area contributed by atoms with Crippen LogP contribution in [0.5, 0.6) is 0 Å². The van der Waals surface area contributed by atoms with Crippen LogP contribution in [0.3, 0.4) is 0 Å². The first-order valence-corrected chi connectivity index (χ1v) is 7.67. The van der Waals surface area contributed by atoms with Crippen molar-refractivity contribution in [1.29, 1.82) is 5.26 Å². The summed E-state index contributed by atoms with van der Waals surface area (Å²) in [6.45, 7) is 15.2. The number of likely N-dealkylation sites (N-methyl/N-ethyl adjacent to an activating group) is 1. The molecule has 0 bridgehead atoms. The van der Waals surface area contributed by atoms with Gasteiger partial charge in [-0.15, -0.1) is 0 Å². The highest BCUT2D eigenvalue weighted by molar-refractivity contribution is 5.04. The highest BCUT2D eigenvalue weighted by atomic mass is 15.3. The Morgan fingerprint density at radius 3 is 2.63 bits per heavy atom. The molecule has 1 fully saturated rings. The van der Waals surface area contributed by atoms with E-state index in [1.54, 1.807) is 0 Å². The van der Waals surface area contributed by atoms with Gasteiger partial charge in [-0.05, 0) is 39.8 Å². The molecule has 4 nitrogen and oxygen atoms in total. The Kier molecular flexibility index (Phi) is 6.78. The van der Waals surface area contributed by atoms with Gasteiger partial charge in [-0.2, -0.15) is 5.26 Å². The number of nitriles is 1. The fourth-order valence-corrected chi connectivity index (χ4v) is 2.71. The van der Waals surface area contributed by atoms with Crippen LogP contribution in [0, 0.1) is 11.3 Å². The van der Waals surface area contributed by atoms with Crippen molar-refractivity contribution in [2.24, 2.45) is 0 Å². The number of nitrogens with zero attached hydrogens (tertiary/aromatic N) is 3. The third kappa shape index (κ3) is 5.10. The van der Waals surface area contributed by atoms with Crippen LogP contribution in [0.15, 0.2) is 0 Å². The summed E-state index contributed by atoms with van der Waals surface area (Å²) < 4.78 is 0. The summed E-state index contributed by atoms with van der Waals surface area (Å²) in [5.74, 6) is 0. The van der Waals surface area contributed by atoms with Crippen LogP contribution in [-0.2, 0) is 0 Å². The molecule has 1 aliphatic rings. The van der Waals surface area contributed by atoms with Crippen molar-refractivity contribution < 1.29 is 0 Å². The third-order valence-corrected chi connectivity index (χ3v) is 4.20. The van der Waals surface area contributed by atoms with Gasteiger partial charge in [-0.25, -0.2) is 0 Å². The van der Waals surface area contributed by atoms with Crippen LogP contribution in [-0.4, -0.2) is 60.6 Å². The van der Waals surface area contributed by atoms with E-state index in [1.165, 1.54) is 0 Å². The molecule has 0 spiro atoms. The van der Waals surface area contributed by atoms with Gasteiger partial charge in [0.2, 0.25) is 0 Å². The molecule has 1 saturated heterocycles. The molecule has 1 heterocycles. The van der Waals surface area contributed by atoms with Crippen LogP contribution in [0.25, 0.3) is 0 Å². The molecule has 0 amide bonds. The first kappa shape index (κ1) is 16.4. The Hall–Kier alpha value is -0.630. The van der Waals surface area contributed by atoms with Crippen LogP contribution < -0.4 is 5.32 Å². The monoisotopic (exact) mass is 266 g/mol. The Morgan fingerprint density at radius 1 is 1.37 bits per heavy atom. The minimum atomic E-state index is -0.374. The fraction of sp³-hybridized carbons (Fsp3) is 0.933. The topological polar surface area (TPSA) is 42.3 Å². The summed E-state index contributed by atoms with van der Waals surface area (Å²) in [6.07, 6.45) is 1.98. The lowest BCUT2D eigenvalue weighted by molar-refractivity contribution is 0.0836. The van der Waals surface area contributed by atoms with Gasteiger partial charge >= 0.3 is 0 Å². The van der Waals surface area contributed by atoms with Crippen LogP contribution in [0.1, 0.15) is 40.5 Å². The van der Waals surface area contributed by atoms with E-state index in [9.17, 15) is 5.26 Å². The van der Waals surface area contributed by atoms with E-state index >= 15 is 0 Å². The molecule has 2 atom stereocenters. The molecule has 110 valence electrons. The average Bonchev–Trinajstić information content (AvgIpc) is 2.43. The molecule has 2 unspecified atom stereocenters. The van der Waals surface area contributed by atoms with E-state index in [-0.39, 0.29) is 5.54 Å². The lowest BCUT2D eigenvalue weighted by Crippen LogP contribution is -2.53. The normalized spacial score (nSPS) is 24.9. The molecule has 1 N–H and O–H groups in total. The van der Waals surface area contributed by atoms with Gasteiger partial charge in [0.1, 0.15) is 5.54 Å². The van der Waals surface area contributed by atoms with E-state index in [2.05, 4.69) is 42.0 Å². The van der Waals surface area contributed by atoms with Gasteiger partial charge in [0.25, 0.3) is 0 Å². The molecule has 4 heteroatoms. The second-order valence-electron chi connectivity index (χ2n) is 5.90. The average molecular weight is 266 g/mol. The van der Waals surface area contributed by atoms with Gasteiger partial charge in [-0.1, -0.05) is 13.8 Å². The van der Waals surface area contributed by atoms with Crippen molar-refractivity contribution in [3.63, 3.8) is 0 Å². The molecule has 0 aromatic heterocycles. The van der Waals surface area contributed by atoms with Gasteiger partial charge in [-0.3, -0.25) is 10.2 Å². The minimum absolute atomic E-state index is 0.374. The second-order valence-corrected chi connectivity index (χ2v) is 5.90. The number of hydrogen-bond donors (Lipinski definition) is 1. The predicted octanol–water partition coefficient (Wildman–Crippen LogP) is 1.68. The number of nitrogens with one attached hydrogen (secondary N) is 1. The van der Waals surface area contributed by atoms with E-state index in [0.717, 1.165) is 52.1 Å². The van der Waals surface area contributed by atoms with Crippen LogP contribution in [0.2, 0.25) is 0 Å². The summed E-state index contributed by atoms with van der Waals surface area (Å²) in [4.78, 5) is 5.02. The summed E-state index contributed by atoms with van der Waals surface area (Å²) in [5.41, 5.74) is -0.374. The van der Waals surface area contributed by atoms with E-state index in [4.69, 9.17) is 0 Å². The van der Waals surface area contributed by atoms with Crippen molar-refractivity contribution in [3.8, 4) is 6.07 Å². The maximum absolute atomic E-state index is 9.33. The van der Waals surface area contributed by atoms with Gasteiger partial charge in [0, 0.05) is 32.2 Å². The summed E-state index contributed by atoms with van der Waals surface area (Å²) >= 11 is 0. The Bertz CT molecular complexity index is 299. The fourth-order valence-electron chi connectivity index (χ4n) is 2.71. The molecular formula is C15H30N4. The Balaban J connectivity index is 2.38. The zero-order valence-electron chi connectivity index (χ0n) is 13.1. The predicted molar refractivity (Wildman–Crippen MR) is 80.1 cm³/mol. The lowest BCUT2D eigenvalue weighted by atomic mass is 9.99. The molecule has 0 radical (unpaired) electrons. The molecule has 1 rings (SSSR count). The Labute approximate surface area is 118 Å². The number of hydrogen-bond acceptors (Lipinski definition) is 4. The molecule has 0 aliphatic carbocycles. The first-order chi connectivity index (χ1) is 9.04. The van der Waals surface area contributed by atoms with Crippen molar-refractivity contribution in [2.45, 2.75) is 52.1 Å². The maximum Gasteiger partial charge on any atom is 0.105 e. The zero-order valence-corrected chi connectivity index (χ0v) is 13.1. The van der Waals surface area contributed by atoms with E-state index < -0.39 is 0 Å². The number of piperazine rings is 1. The summed E-state index contributed by atoms with van der Waals surface area (Å²) in [6, 6.07) is 3.07. The second kappa shape index (κ2) is 7.84. The maximum atomic E-state index is 9.33. The SMILES string of the molecule is CCCNC(C)(C#N)CCN1CCN(CC)C(C)C1. The van der Waals surface area contributed by atoms with Gasteiger partial charge in [0.15, 0.2) is 0 Å². The van der Waals surface area contributed by atoms with Crippen LogP contribution >= 0.6 is 0 Å². The van der Waals surface area contributed by atoms with Crippen molar-refractivity contribution >= 4 is 0 Å². The van der Waals surface area contributed by atoms with E-state index in [1.807, 2.05) is 6.92 Å². The lowest BCUT2D eigenvalue weighted by Gasteiger charge is -2.40. The molecule has 1 aliphatic heterocycles.